The Morgan fingerprint density at radius 1 is 0.976 bits per heavy atom. The lowest BCUT2D eigenvalue weighted by Gasteiger charge is -2.29. The Morgan fingerprint density at radius 3 is 2.33 bits per heavy atom. The minimum absolute atomic E-state index is 0.0253. The molecule has 0 radical (unpaired) electrons. The second-order valence-electron chi connectivity index (χ2n) is 12.2. The van der Waals surface area contributed by atoms with Gasteiger partial charge in [-0.3, -0.25) is 9.59 Å². The van der Waals surface area contributed by atoms with Crippen LogP contribution in [0.15, 0.2) is 60.8 Å². The number of amides is 2. The molecular weight excluding hydrogens is 531 g/mol. The number of aryl methyl sites for hydroxylation is 1. The van der Waals surface area contributed by atoms with Gasteiger partial charge in [0.05, 0.1) is 6.61 Å². The average molecular weight is 583 g/mol. The molecule has 0 heterocycles. The molecule has 0 unspecified atom stereocenters. The second kappa shape index (κ2) is 17.5. The van der Waals surface area contributed by atoms with Crippen LogP contribution in [0.1, 0.15) is 52.2 Å². The molecule has 0 aromatic heterocycles. The molecule has 3 atom stereocenters. The first-order chi connectivity index (χ1) is 19.9. The van der Waals surface area contributed by atoms with Crippen molar-refractivity contribution in [3.05, 3.63) is 77.8 Å². The van der Waals surface area contributed by atoms with Crippen molar-refractivity contribution in [2.24, 2.45) is 17.8 Å². The molecule has 3 N–H and O–H groups in total. The summed E-state index contributed by atoms with van der Waals surface area (Å²) in [4.78, 5) is 28.5. The van der Waals surface area contributed by atoms with Crippen LogP contribution in [0.2, 0.25) is 0 Å². The van der Waals surface area contributed by atoms with E-state index in [4.69, 9.17) is 4.74 Å². The third-order valence-electron chi connectivity index (χ3n) is 6.96. The normalized spacial score (nSPS) is 13.5. The molecular formula is C34H51FN4O3. The Bertz CT molecular complexity index is 1150. The van der Waals surface area contributed by atoms with Gasteiger partial charge < -0.3 is 25.6 Å². The van der Waals surface area contributed by atoms with Crippen LogP contribution >= 0.6 is 0 Å². The summed E-state index contributed by atoms with van der Waals surface area (Å²) in [5.41, 5.74) is 2.67. The van der Waals surface area contributed by atoms with Crippen molar-refractivity contribution in [1.82, 2.24) is 20.9 Å². The van der Waals surface area contributed by atoms with Crippen LogP contribution in [0, 0.1) is 23.6 Å². The molecule has 0 bridgehead atoms. The number of rotatable bonds is 18. The smallest absolute Gasteiger partial charge is 0.243 e. The molecule has 0 spiro atoms. The van der Waals surface area contributed by atoms with E-state index in [0.29, 0.717) is 37.7 Å². The summed E-state index contributed by atoms with van der Waals surface area (Å²) in [5, 5.41) is 9.25. The van der Waals surface area contributed by atoms with E-state index in [-0.39, 0.29) is 29.5 Å². The largest absolute Gasteiger partial charge is 0.493 e. The summed E-state index contributed by atoms with van der Waals surface area (Å²) in [6.45, 7) is 15.8. The second-order valence-corrected chi connectivity index (χ2v) is 12.2. The molecule has 42 heavy (non-hydrogen) atoms. The number of likely N-dealkylation sites (N-methyl/N-ethyl adjacent to an activating group) is 1. The average Bonchev–Trinajstić information content (AvgIpc) is 2.92. The molecule has 232 valence electrons. The number of allylic oxidation sites excluding steroid dienone is 1. The zero-order valence-electron chi connectivity index (χ0n) is 26.5. The van der Waals surface area contributed by atoms with Gasteiger partial charge in [0, 0.05) is 18.8 Å². The minimum atomic E-state index is -0.713. The van der Waals surface area contributed by atoms with Crippen molar-refractivity contribution in [2.75, 3.05) is 33.8 Å². The lowest BCUT2D eigenvalue weighted by Crippen LogP contribution is -2.57. The number of carbonyl (C=O) groups excluding carboxylic acids is 2. The third kappa shape index (κ3) is 12.2. The molecule has 0 saturated carbocycles. The first kappa shape index (κ1) is 34.8. The van der Waals surface area contributed by atoms with Gasteiger partial charge in [-0.1, -0.05) is 71.5 Å². The number of ether oxygens (including phenoxy) is 1. The number of benzene rings is 2. The lowest BCUT2D eigenvalue weighted by molar-refractivity contribution is -0.130. The van der Waals surface area contributed by atoms with Crippen LogP contribution in [0.5, 0.6) is 5.75 Å². The van der Waals surface area contributed by atoms with E-state index in [1.807, 2.05) is 64.0 Å². The van der Waals surface area contributed by atoms with Gasteiger partial charge in [-0.05, 0) is 80.4 Å². The maximum absolute atomic E-state index is 13.6. The van der Waals surface area contributed by atoms with E-state index in [1.165, 1.54) is 12.1 Å². The van der Waals surface area contributed by atoms with Crippen LogP contribution < -0.4 is 20.7 Å². The molecule has 2 aromatic rings. The molecule has 2 rings (SSSR count). The highest BCUT2D eigenvalue weighted by Crippen LogP contribution is 2.20. The molecule has 0 saturated heterocycles. The highest BCUT2D eigenvalue weighted by atomic mass is 19.1. The quantitative estimate of drug-likeness (QED) is 0.217. The molecule has 8 heteroatoms. The fraction of sp³-hybridized carbons (Fsp3) is 0.529. The van der Waals surface area contributed by atoms with Crippen molar-refractivity contribution in [2.45, 2.75) is 66.0 Å². The lowest BCUT2D eigenvalue weighted by atomic mass is 9.96. The summed E-state index contributed by atoms with van der Waals surface area (Å²) < 4.78 is 19.6. The number of halogens is 1. The molecule has 7 nitrogen and oxygen atoms in total. The van der Waals surface area contributed by atoms with Gasteiger partial charge in [0.2, 0.25) is 11.8 Å². The van der Waals surface area contributed by atoms with Crippen molar-refractivity contribution in [3.8, 4) is 5.75 Å². The van der Waals surface area contributed by atoms with Gasteiger partial charge in [0.1, 0.15) is 23.7 Å². The van der Waals surface area contributed by atoms with E-state index < -0.39 is 12.1 Å². The number of nitrogens with zero attached hydrogens (tertiary/aromatic N) is 1. The predicted octanol–water partition coefficient (Wildman–Crippen LogP) is 4.96. The Balaban J connectivity index is 1.95. The molecule has 0 aliphatic heterocycles. The van der Waals surface area contributed by atoms with Gasteiger partial charge in [0.25, 0.3) is 0 Å². The predicted molar refractivity (Wildman–Crippen MR) is 169 cm³/mol. The topological polar surface area (TPSA) is 82.7 Å². The summed E-state index contributed by atoms with van der Waals surface area (Å²) in [6, 6.07) is 13.2. The zero-order valence-corrected chi connectivity index (χ0v) is 26.5. The van der Waals surface area contributed by atoms with E-state index in [9.17, 15) is 14.0 Å². The van der Waals surface area contributed by atoms with Crippen LogP contribution in [-0.4, -0.2) is 62.6 Å². The number of nitrogens with one attached hydrogen (secondary N) is 3. The standard InChI is InChI=1S/C34H51FN4O3/c1-23(2)22-42-31-17-10-9-14-28(31)15-12-18-36-33(40)30(21-39(7)8)38-34(41)32(24(3)4)37-26(6)25(5)19-27-13-11-16-29(35)20-27/h9-11,13-14,16-17,20,23-25,30,32,37H,6,12,15,18-19,21-22H2,1-5,7-8H3,(H,36,40)(H,38,41)/t25-,30+,32-/m1/s1. The minimum Gasteiger partial charge on any atom is -0.493 e. The van der Waals surface area contributed by atoms with Crippen LogP contribution in [0.4, 0.5) is 4.39 Å². The third-order valence-corrected chi connectivity index (χ3v) is 6.96. The van der Waals surface area contributed by atoms with E-state index in [0.717, 1.165) is 29.7 Å². The van der Waals surface area contributed by atoms with E-state index >= 15 is 0 Å². The summed E-state index contributed by atoms with van der Waals surface area (Å²) in [7, 11) is 3.74. The van der Waals surface area contributed by atoms with Crippen LogP contribution in [0.3, 0.4) is 0 Å². The number of carbonyl (C=O) groups is 2. The van der Waals surface area contributed by atoms with Crippen molar-refractivity contribution >= 4 is 11.8 Å². The number of para-hydroxylation sites is 1. The van der Waals surface area contributed by atoms with Gasteiger partial charge in [0.15, 0.2) is 0 Å². The van der Waals surface area contributed by atoms with Gasteiger partial charge in [-0.2, -0.15) is 0 Å². The van der Waals surface area contributed by atoms with Gasteiger partial charge in [-0.15, -0.1) is 0 Å². The SMILES string of the molecule is C=C(N[C@@H](C(=O)N[C@@H](CN(C)C)C(=O)NCCCc1ccccc1OCC(C)C)C(C)C)[C@H](C)Cc1cccc(F)c1. The van der Waals surface area contributed by atoms with Crippen molar-refractivity contribution in [1.29, 1.82) is 0 Å². The van der Waals surface area contributed by atoms with Crippen molar-refractivity contribution in [3.63, 3.8) is 0 Å². The highest BCUT2D eigenvalue weighted by molar-refractivity contribution is 5.90. The Hall–Kier alpha value is -3.39. The molecule has 0 fully saturated rings. The monoisotopic (exact) mass is 582 g/mol. The Kier molecular flexibility index (Phi) is 14.5. The maximum Gasteiger partial charge on any atom is 0.243 e. The van der Waals surface area contributed by atoms with Crippen LogP contribution in [-0.2, 0) is 22.4 Å². The maximum atomic E-state index is 13.6. The zero-order chi connectivity index (χ0) is 31.2. The molecule has 0 aliphatic carbocycles. The Morgan fingerprint density at radius 2 is 1.69 bits per heavy atom. The first-order valence-corrected chi connectivity index (χ1v) is 15.0. The van der Waals surface area contributed by atoms with Gasteiger partial charge in [-0.25, -0.2) is 4.39 Å². The Labute approximate surface area is 252 Å². The first-order valence-electron chi connectivity index (χ1n) is 15.0. The summed E-state index contributed by atoms with van der Waals surface area (Å²) in [5.74, 6) is 0.488. The molecule has 2 amide bonds. The van der Waals surface area contributed by atoms with Gasteiger partial charge >= 0.3 is 0 Å². The number of hydrogen-bond donors (Lipinski definition) is 3. The fourth-order valence-electron chi connectivity index (χ4n) is 4.56. The van der Waals surface area contributed by atoms with Crippen molar-refractivity contribution < 1.29 is 18.7 Å². The molecule has 2 aromatic carbocycles. The van der Waals surface area contributed by atoms with Crippen LogP contribution in [0.25, 0.3) is 0 Å². The summed E-state index contributed by atoms with van der Waals surface area (Å²) in [6.07, 6.45) is 2.11. The summed E-state index contributed by atoms with van der Waals surface area (Å²) >= 11 is 0. The van der Waals surface area contributed by atoms with E-state index in [2.05, 4.69) is 42.4 Å². The highest BCUT2D eigenvalue weighted by Gasteiger charge is 2.29. The van der Waals surface area contributed by atoms with E-state index in [1.54, 1.807) is 6.07 Å². The number of hydrogen-bond acceptors (Lipinski definition) is 5. The fourth-order valence-corrected chi connectivity index (χ4v) is 4.56. The molecule has 0 aliphatic rings.